The molecule has 43 heavy (non-hydrogen) atoms. The number of aliphatic hydroxyl groups is 3. The fraction of sp³-hybridized carbons (Fsp3) is 0.788. The lowest BCUT2D eigenvalue weighted by Gasteiger charge is -2.46. The van der Waals surface area contributed by atoms with Crippen LogP contribution in [0.15, 0.2) is 24.3 Å². The van der Waals surface area contributed by atoms with E-state index in [1.165, 1.54) is 0 Å². The molecular formula is C33H57N3O7. The molecule has 11 atom stereocenters. The van der Waals surface area contributed by atoms with Crippen molar-refractivity contribution >= 4 is 5.91 Å². The second-order valence-electron chi connectivity index (χ2n) is 13.7. The third kappa shape index (κ3) is 9.60. The van der Waals surface area contributed by atoms with Gasteiger partial charge < -0.3 is 44.6 Å². The number of benzene rings is 1. The van der Waals surface area contributed by atoms with Gasteiger partial charge in [0.2, 0.25) is 5.91 Å². The zero-order valence-electron chi connectivity index (χ0n) is 27.7. The van der Waals surface area contributed by atoms with Crippen LogP contribution in [-0.4, -0.2) is 121 Å². The molecular weight excluding hydrogens is 550 g/mol. The van der Waals surface area contributed by atoms with Gasteiger partial charge >= 0.3 is 0 Å². The Labute approximate surface area is 258 Å². The number of nitrogens with one attached hydrogen (secondary N) is 1. The molecule has 1 unspecified atom stereocenters. The molecule has 2 aliphatic heterocycles. The summed E-state index contributed by atoms with van der Waals surface area (Å²) in [7, 11) is 7.51. The highest BCUT2D eigenvalue weighted by Crippen LogP contribution is 2.35. The van der Waals surface area contributed by atoms with Crippen LogP contribution in [0.25, 0.3) is 0 Å². The van der Waals surface area contributed by atoms with Crippen molar-refractivity contribution in [2.75, 3.05) is 41.3 Å². The quantitative estimate of drug-likeness (QED) is 0.386. The summed E-state index contributed by atoms with van der Waals surface area (Å²) in [6.07, 6.45) is -1.67. The monoisotopic (exact) mass is 607 g/mol. The molecule has 0 aliphatic carbocycles. The number of hydrogen-bond donors (Lipinski definition) is 4. The molecule has 2 saturated heterocycles. The van der Waals surface area contributed by atoms with E-state index in [1.807, 2.05) is 50.2 Å². The fourth-order valence-electron chi connectivity index (χ4n) is 6.92. The lowest BCUT2D eigenvalue weighted by atomic mass is 9.77. The van der Waals surface area contributed by atoms with E-state index in [9.17, 15) is 20.1 Å². The van der Waals surface area contributed by atoms with Gasteiger partial charge in [0.05, 0.1) is 36.9 Å². The molecule has 0 saturated carbocycles. The highest BCUT2D eigenvalue weighted by molar-refractivity contribution is 5.79. The van der Waals surface area contributed by atoms with Gasteiger partial charge in [0, 0.05) is 24.5 Å². The summed E-state index contributed by atoms with van der Waals surface area (Å²) in [6, 6.07) is 7.55. The van der Waals surface area contributed by atoms with Crippen LogP contribution >= 0.6 is 0 Å². The average Bonchev–Trinajstić information content (AvgIpc) is 2.94. The Morgan fingerprint density at radius 3 is 2.37 bits per heavy atom. The zero-order chi connectivity index (χ0) is 32.1. The van der Waals surface area contributed by atoms with Crippen LogP contribution in [0.3, 0.4) is 0 Å². The lowest BCUT2D eigenvalue weighted by Crippen LogP contribution is -2.59. The van der Waals surface area contributed by atoms with Crippen molar-refractivity contribution in [3.63, 3.8) is 0 Å². The highest BCUT2D eigenvalue weighted by atomic mass is 16.7. The molecule has 0 spiro atoms. The number of rotatable bonds is 6. The average molecular weight is 608 g/mol. The van der Waals surface area contributed by atoms with E-state index in [1.54, 1.807) is 27.9 Å². The molecule has 10 heteroatoms. The Balaban J connectivity index is 1.88. The fourth-order valence-corrected chi connectivity index (χ4v) is 6.92. The van der Waals surface area contributed by atoms with Gasteiger partial charge in [0.1, 0.15) is 11.9 Å². The van der Waals surface area contributed by atoms with Crippen molar-refractivity contribution in [3.8, 4) is 5.75 Å². The molecule has 0 aromatic heterocycles. The molecule has 2 aliphatic rings. The van der Waals surface area contributed by atoms with E-state index in [-0.39, 0.29) is 30.0 Å². The number of ether oxygens (including phenoxy) is 3. The standard InChI is InChI=1S/C33H57N3O7/c1-20-18-33(5,40)30(43-32-29(38)27(35(6)7)16-21(2)42-32)22(3)28(37)23(4)31(39)34-25(14-15-36(8)19-20)17-24-10-12-26(41-9)13-11-24/h10-13,20-23,25,27-30,32,37-38,40H,14-19H2,1-9H3,(H,34,39)/t20-,21-,22+,23-,25?,27+,28+,29-,30-,32+,33-/m1/s1. The van der Waals surface area contributed by atoms with Crippen LogP contribution in [0, 0.1) is 17.8 Å². The molecule has 4 N–H and O–H groups in total. The second-order valence-corrected chi connectivity index (χ2v) is 13.7. The molecule has 246 valence electrons. The van der Waals surface area contributed by atoms with Gasteiger partial charge in [0.15, 0.2) is 6.29 Å². The second kappa shape index (κ2) is 15.5. The predicted molar refractivity (Wildman–Crippen MR) is 167 cm³/mol. The molecule has 3 rings (SSSR count). The van der Waals surface area contributed by atoms with Crippen molar-refractivity contribution in [1.82, 2.24) is 15.1 Å². The maximum absolute atomic E-state index is 13.6. The molecule has 2 fully saturated rings. The molecule has 0 radical (unpaired) electrons. The van der Waals surface area contributed by atoms with Crippen molar-refractivity contribution in [2.45, 2.75) is 109 Å². The zero-order valence-corrected chi connectivity index (χ0v) is 27.7. The number of likely N-dealkylation sites (N-methyl/N-ethyl adjacent to an activating group) is 1. The SMILES string of the molecule is COc1ccc(CC2CCN(C)C[C@H](C)C[C@@](C)(O)[C@H](O[C@@H]3O[C@H](C)C[C@H](N(C)C)[C@H]3O)[C@@H](C)[C@H](O)[C@@H](C)C(=O)N2)cc1. The summed E-state index contributed by atoms with van der Waals surface area (Å²) < 4.78 is 17.8. The Bertz CT molecular complexity index is 1010. The first-order valence-corrected chi connectivity index (χ1v) is 15.8. The minimum Gasteiger partial charge on any atom is -0.497 e. The van der Waals surface area contributed by atoms with Gasteiger partial charge in [-0.05, 0) is 90.8 Å². The maximum Gasteiger partial charge on any atom is 0.225 e. The number of carbonyl (C=O) groups excluding carboxylic acids is 1. The molecule has 2 heterocycles. The van der Waals surface area contributed by atoms with E-state index >= 15 is 0 Å². The van der Waals surface area contributed by atoms with Crippen LogP contribution in [0.1, 0.15) is 59.4 Å². The van der Waals surface area contributed by atoms with Crippen LogP contribution in [0.2, 0.25) is 0 Å². The van der Waals surface area contributed by atoms with Crippen LogP contribution in [0.5, 0.6) is 5.75 Å². The van der Waals surface area contributed by atoms with Gasteiger partial charge in [-0.15, -0.1) is 0 Å². The summed E-state index contributed by atoms with van der Waals surface area (Å²) in [5.41, 5.74) is -0.277. The van der Waals surface area contributed by atoms with Crippen molar-refractivity contribution < 1.29 is 34.3 Å². The Kier molecular flexibility index (Phi) is 12.8. The number of amides is 1. The molecule has 1 aromatic rings. The van der Waals surface area contributed by atoms with E-state index < -0.39 is 42.0 Å². The number of carbonyl (C=O) groups is 1. The van der Waals surface area contributed by atoms with Gasteiger partial charge in [0.25, 0.3) is 0 Å². The molecule has 10 nitrogen and oxygen atoms in total. The van der Waals surface area contributed by atoms with Gasteiger partial charge in [-0.2, -0.15) is 0 Å². The predicted octanol–water partition coefficient (Wildman–Crippen LogP) is 2.28. The van der Waals surface area contributed by atoms with Gasteiger partial charge in [-0.1, -0.05) is 32.9 Å². The molecule has 0 bridgehead atoms. The third-order valence-corrected chi connectivity index (χ3v) is 9.34. The minimum atomic E-state index is -1.37. The molecule has 1 amide bonds. The summed E-state index contributed by atoms with van der Waals surface area (Å²) in [5, 5.41) is 37.9. The third-order valence-electron chi connectivity index (χ3n) is 9.34. The first-order valence-electron chi connectivity index (χ1n) is 15.8. The van der Waals surface area contributed by atoms with Gasteiger partial charge in [-0.25, -0.2) is 0 Å². The largest absolute Gasteiger partial charge is 0.497 e. The van der Waals surface area contributed by atoms with E-state index in [2.05, 4.69) is 24.2 Å². The summed E-state index contributed by atoms with van der Waals surface area (Å²) in [6.45, 7) is 10.8. The summed E-state index contributed by atoms with van der Waals surface area (Å²) in [4.78, 5) is 17.8. The van der Waals surface area contributed by atoms with E-state index in [0.29, 0.717) is 19.3 Å². The Morgan fingerprint density at radius 2 is 1.77 bits per heavy atom. The topological polar surface area (TPSA) is 124 Å². The first kappa shape index (κ1) is 35.7. The highest BCUT2D eigenvalue weighted by Gasteiger charge is 2.47. The van der Waals surface area contributed by atoms with Crippen molar-refractivity contribution in [2.24, 2.45) is 17.8 Å². The first-order chi connectivity index (χ1) is 20.1. The summed E-state index contributed by atoms with van der Waals surface area (Å²) >= 11 is 0. The van der Waals surface area contributed by atoms with E-state index in [4.69, 9.17) is 14.2 Å². The Hall–Kier alpha value is -1.79. The lowest BCUT2D eigenvalue weighted by molar-refractivity contribution is -0.299. The van der Waals surface area contributed by atoms with Crippen LogP contribution in [-0.2, 0) is 20.7 Å². The summed E-state index contributed by atoms with van der Waals surface area (Å²) in [5.74, 6) is -0.770. The Morgan fingerprint density at radius 1 is 1.12 bits per heavy atom. The minimum absolute atomic E-state index is 0.107. The number of hydrogen-bond acceptors (Lipinski definition) is 9. The normalized spacial score (nSPS) is 39.2. The van der Waals surface area contributed by atoms with Crippen LogP contribution < -0.4 is 10.1 Å². The van der Waals surface area contributed by atoms with Crippen LogP contribution in [0.4, 0.5) is 0 Å². The van der Waals surface area contributed by atoms with Gasteiger partial charge in [-0.3, -0.25) is 4.79 Å². The maximum atomic E-state index is 13.6. The number of nitrogens with zero attached hydrogens (tertiary/aromatic N) is 2. The van der Waals surface area contributed by atoms with Crippen molar-refractivity contribution in [1.29, 1.82) is 0 Å². The number of methoxy groups -OCH3 is 1. The molecule has 1 aromatic carbocycles. The van der Waals surface area contributed by atoms with E-state index in [0.717, 1.165) is 30.8 Å². The smallest absolute Gasteiger partial charge is 0.225 e. The number of aliphatic hydroxyl groups excluding tert-OH is 2. The van der Waals surface area contributed by atoms with Crippen molar-refractivity contribution in [3.05, 3.63) is 29.8 Å².